The number of rotatable bonds is 4. The smallest absolute Gasteiger partial charge is 0.268 e. The molecule has 0 bridgehead atoms. The molecular formula is C20H29N3O2S. The van der Waals surface area contributed by atoms with E-state index in [1.165, 1.54) is 21.9 Å². The summed E-state index contributed by atoms with van der Waals surface area (Å²) in [6.45, 7) is 14.4. The summed E-state index contributed by atoms with van der Waals surface area (Å²) in [5.41, 5.74) is 0.924. The predicted octanol–water partition coefficient (Wildman–Crippen LogP) is 3.62. The topological polar surface area (TPSA) is 56.9 Å². The molecule has 142 valence electrons. The third-order valence-electron chi connectivity index (χ3n) is 4.14. The van der Waals surface area contributed by atoms with Gasteiger partial charge in [-0.2, -0.15) is 4.98 Å². The average molecular weight is 376 g/mol. The summed E-state index contributed by atoms with van der Waals surface area (Å²) < 4.78 is 2.84. The van der Waals surface area contributed by atoms with Crippen LogP contribution in [0.2, 0.25) is 0 Å². The molecule has 5 nitrogen and oxygen atoms in total. The van der Waals surface area contributed by atoms with Crippen LogP contribution in [0.15, 0.2) is 39.0 Å². The lowest BCUT2D eigenvalue weighted by atomic mass is 9.87. The van der Waals surface area contributed by atoms with E-state index < -0.39 is 11.2 Å². The van der Waals surface area contributed by atoms with Crippen molar-refractivity contribution in [1.82, 2.24) is 14.1 Å². The highest BCUT2D eigenvalue weighted by atomic mass is 32.2. The van der Waals surface area contributed by atoms with Gasteiger partial charge >= 0.3 is 11.4 Å². The number of nitrogens with zero attached hydrogens (tertiary/aromatic N) is 3. The summed E-state index contributed by atoms with van der Waals surface area (Å²) in [4.78, 5) is 29.6. The summed E-state index contributed by atoms with van der Waals surface area (Å²) >= 11 is 1.41. The molecule has 2 rings (SSSR count). The molecule has 6 heteroatoms. The quantitative estimate of drug-likeness (QED) is 0.766. The average Bonchev–Trinajstić information content (AvgIpc) is 2.49. The highest BCUT2D eigenvalue weighted by Gasteiger charge is 2.22. The summed E-state index contributed by atoms with van der Waals surface area (Å²) in [6.07, 6.45) is 0. The lowest BCUT2D eigenvalue weighted by Crippen LogP contribution is -2.49. The number of hydrogen-bond donors (Lipinski definition) is 0. The molecule has 0 spiro atoms. The van der Waals surface area contributed by atoms with Crippen molar-refractivity contribution < 1.29 is 0 Å². The van der Waals surface area contributed by atoms with Gasteiger partial charge in [-0.15, -0.1) is 0 Å². The van der Waals surface area contributed by atoms with Crippen LogP contribution in [-0.4, -0.2) is 19.9 Å². The van der Waals surface area contributed by atoms with E-state index in [9.17, 15) is 9.59 Å². The van der Waals surface area contributed by atoms with Gasteiger partial charge in [0.05, 0.1) is 6.54 Å². The minimum absolute atomic E-state index is 0.0829. The largest absolute Gasteiger partial charge is 0.354 e. The summed E-state index contributed by atoms with van der Waals surface area (Å²) in [5.74, 6) is 0.744. The van der Waals surface area contributed by atoms with Crippen LogP contribution >= 0.6 is 11.8 Å². The molecule has 0 aliphatic carbocycles. The van der Waals surface area contributed by atoms with E-state index in [1.54, 1.807) is 4.57 Å². The van der Waals surface area contributed by atoms with Gasteiger partial charge in [0.25, 0.3) is 0 Å². The van der Waals surface area contributed by atoms with Crippen LogP contribution < -0.4 is 11.4 Å². The lowest BCUT2D eigenvalue weighted by molar-refractivity contribution is 0.336. The monoisotopic (exact) mass is 375 g/mol. The molecule has 0 fully saturated rings. The number of hydrogen-bond acceptors (Lipinski definition) is 4. The van der Waals surface area contributed by atoms with Crippen molar-refractivity contribution in [2.45, 2.75) is 71.1 Å². The van der Waals surface area contributed by atoms with Gasteiger partial charge in [0.2, 0.25) is 0 Å². The molecule has 2 aromatic rings. The van der Waals surface area contributed by atoms with Crippen LogP contribution in [-0.2, 0) is 17.5 Å². The first-order valence-corrected chi connectivity index (χ1v) is 9.90. The van der Waals surface area contributed by atoms with E-state index in [1.807, 2.05) is 39.8 Å². The molecule has 0 aliphatic rings. The second-order valence-electron chi connectivity index (χ2n) is 8.43. The summed E-state index contributed by atoms with van der Waals surface area (Å²) in [6, 6.07) is 8.28. The van der Waals surface area contributed by atoms with E-state index in [0.717, 1.165) is 11.3 Å². The molecule has 0 radical (unpaired) electrons. The van der Waals surface area contributed by atoms with Crippen LogP contribution in [0, 0.1) is 0 Å². The molecule has 1 aromatic heterocycles. The molecule has 26 heavy (non-hydrogen) atoms. The van der Waals surface area contributed by atoms with E-state index >= 15 is 0 Å². The van der Waals surface area contributed by atoms with Crippen molar-refractivity contribution in [2.75, 3.05) is 5.75 Å². The SMILES string of the molecule is CCSc1nc(=O)n(C(C)(C)C)c(=O)n1Cc1ccc(C(C)(C)C)cc1. The predicted molar refractivity (Wildman–Crippen MR) is 108 cm³/mol. The second kappa shape index (κ2) is 7.43. The third kappa shape index (κ3) is 4.47. The maximum absolute atomic E-state index is 13.0. The van der Waals surface area contributed by atoms with Gasteiger partial charge < -0.3 is 0 Å². The molecule has 0 aliphatic heterocycles. The zero-order valence-electron chi connectivity index (χ0n) is 16.8. The van der Waals surface area contributed by atoms with E-state index in [-0.39, 0.29) is 11.1 Å². The van der Waals surface area contributed by atoms with Crippen LogP contribution in [0.5, 0.6) is 0 Å². The first-order chi connectivity index (χ1) is 11.9. The van der Waals surface area contributed by atoms with Gasteiger partial charge in [-0.1, -0.05) is 63.7 Å². The first-order valence-electron chi connectivity index (χ1n) is 8.91. The maximum atomic E-state index is 13.0. The van der Waals surface area contributed by atoms with Gasteiger partial charge in [-0.05, 0) is 43.1 Å². The van der Waals surface area contributed by atoms with Gasteiger partial charge in [0, 0.05) is 5.54 Å². The Bertz CT molecular complexity index is 882. The molecule has 1 heterocycles. The number of aromatic nitrogens is 3. The molecule has 1 aromatic carbocycles. The van der Waals surface area contributed by atoms with Gasteiger partial charge in [-0.25, -0.2) is 14.2 Å². The minimum atomic E-state index is -0.617. The van der Waals surface area contributed by atoms with Crippen molar-refractivity contribution >= 4 is 11.8 Å². The standard InChI is InChI=1S/C20H29N3O2S/c1-8-26-17-21-16(24)23(20(5,6)7)18(25)22(17)13-14-9-11-15(12-10-14)19(2,3)4/h9-12H,8,13H2,1-7H3. The summed E-state index contributed by atoms with van der Waals surface area (Å²) in [7, 11) is 0. The fraction of sp³-hybridized carbons (Fsp3) is 0.550. The Morgan fingerprint density at radius 2 is 1.58 bits per heavy atom. The van der Waals surface area contributed by atoms with Crippen LogP contribution in [0.4, 0.5) is 0 Å². The van der Waals surface area contributed by atoms with Crippen molar-refractivity contribution in [3.8, 4) is 0 Å². The van der Waals surface area contributed by atoms with E-state index in [2.05, 4.69) is 37.9 Å². The molecule has 0 N–H and O–H groups in total. The molecule has 0 amide bonds. The van der Waals surface area contributed by atoms with Crippen LogP contribution in [0.25, 0.3) is 0 Å². The highest BCUT2D eigenvalue weighted by molar-refractivity contribution is 7.99. The van der Waals surface area contributed by atoms with Crippen molar-refractivity contribution in [2.24, 2.45) is 0 Å². The van der Waals surface area contributed by atoms with Crippen molar-refractivity contribution in [3.05, 3.63) is 56.4 Å². The zero-order valence-corrected chi connectivity index (χ0v) is 17.6. The number of thioether (sulfide) groups is 1. The Morgan fingerprint density at radius 1 is 1.00 bits per heavy atom. The highest BCUT2D eigenvalue weighted by Crippen LogP contribution is 2.23. The van der Waals surface area contributed by atoms with Crippen LogP contribution in [0.1, 0.15) is 59.6 Å². The fourth-order valence-corrected chi connectivity index (χ4v) is 3.42. The maximum Gasteiger partial charge on any atom is 0.354 e. The fourth-order valence-electron chi connectivity index (χ4n) is 2.72. The Kier molecular flexibility index (Phi) is 5.85. The van der Waals surface area contributed by atoms with Gasteiger partial charge in [-0.3, -0.25) is 4.57 Å². The Balaban J connectivity index is 2.54. The van der Waals surface area contributed by atoms with Crippen molar-refractivity contribution in [3.63, 3.8) is 0 Å². The Morgan fingerprint density at radius 3 is 2.04 bits per heavy atom. The Hall–Kier alpha value is -1.82. The molecule has 0 saturated heterocycles. The van der Waals surface area contributed by atoms with Crippen molar-refractivity contribution in [1.29, 1.82) is 0 Å². The van der Waals surface area contributed by atoms with Gasteiger partial charge in [0.15, 0.2) is 5.16 Å². The number of benzene rings is 1. The van der Waals surface area contributed by atoms with E-state index in [0.29, 0.717) is 11.7 Å². The molecule has 0 saturated carbocycles. The summed E-state index contributed by atoms with van der Waals surface area (Å²) in [5, 5.41) is 0.475. The molecular weight excluding hydrogens is 346 g/mol. The normalized spacial score (nSPS) is 12.4. The zero-order chi connectivity index (χ0) is 19.7. The van der Waals surface area contributed by atoms with Gasteiger partial charge in [0.1, 0.15) is 0 Å². The first kappa shape index (κ1) is 20.5. The third-order valence-corrected chi connectivity index (χ3v) is 5.00. The minimum Gasteiger partial charge on any atom is -0.268 e. The van der Waals surface area contributed by atoms with Crippen LogP contribution in [0.3, 0.4) is 0 Å². The molecule has 0 unspecified atom stereocenters. The second-order valence-corrected chi connectivity index (χ2v) is 9.66. The Labute approximate surface area is 159 Å². The lowest BCUT2D eigenvalue weighted by Gasteiger charge is -2.23. The van der Waals surface area contributed by atoms with E-state index in [4.69, 9.17) is 0 Å². The molecule has 0 atom stereocenters.